The molecule has 0 aromatic rings. The van der Waals surface area contributed by atoms with Crippen molar-refractivity contribution in [3.05, 3.63) is 75.9 Å². The van der Waals surface area contributed by atoms with Gasteiger partial charge in [-0.3, -0.25) is 9.59 Å². The van der Waals surface area contributed by atoms with Gasteiger partial charge in [-0.05, 0) is 25.0 Å². The Labute approximate surface area is 240 Å². The van der Waals surface area contributed by atoms with Gasteiger partial charge in [-0.1, -0.05) is 39.5 Å². The number of ether oxygens (including phenoxy) is 5. The first-order valence-electron chi connectivity index (χ1n) is 12.5. The van der Waals surface area contributed by atoms with Gasteiger partial charge in [0, 0.05) is 37.1 Å². The van der Waals surface area contributed by atoms with Crippen molar-refractivity contribution in [3.8, 4) is 0 Å². The molecule has 0 amide bonds. The van der Waals surface area contributed by atoms with Gasteiger partial charge in [-0.25, -0.2) is 19.2 Å². The van der Waals surface area contributed by atoms with Gasteiger partial charge < -0.3 is 23.7 Å². The lowest BCUT2D eigenvalue weighted by atomic mass is 9.83. The highest BCUT2D eigenvalue weighted by Crippen LogP contribution is 2.31. The first-order valence-corrected chi connectivity index (χ1v) is 12.5. The van der Waals surface area contributed by atoms with Crippen molar-refractivity contribution in [1.29, 1.82) is 0 Å². The molecule has 0 aliphatic carbocycles. The number of esters is 4. The number of ketones is 2. The van der Waals surface area contributed by atoms with Gasteiger partial charge in [0.1, 0.15) is 26.4 Å². The van der Waals surface area contributed by atoms with Gasteiger partial charge in [-0.2, -0.15) is 0 Å². The molecule has 41 heavy (non-hydrogen) atoms. The molecule has 11 nitrogen and oxygen atoms in total. The van der Waals surface area contributed by atoms with Crippen LogP contribution in [0.3, 0.4) is 0 Å². The highest BCUT2D eigenvalue weighted by atomic mass is 16.6. The number of carbonyl (C=O) groups is 6. The summed E-state index contributed by atoms with van der Waals surface area (Å²) in [6.45, 7) is 18.5. The van der Waals surface area contributed by atoms with Crippen LogP contribution in [0.1, 0.15) is 25.7 Å². The van der Waals surface area contributed by atoms with Crippen LogP contribution in [-0.2, 0) is 52.5 Å². The maximum atomic E-state index is 12.1. The Morgan fingerprint density at radius 2 is 0.707 bits per heavy atom. The molecule has 11 heteroatoms. The molecule has 0 saturated heterocycles. The number of hydrogen-bond acceptors (Lipinski definition) is 11. The van der Waals surface area contributed by atoms with Crippen molar-refractivity contribution in [2.24, 2.45) is 10.8 Å². The van der Waals surface area contributed by atoms with Crippen LogP contribution in [0.15, 0.2) is 75.9 Å². The first kappa shape index (κ1) is 36.6. The molecule has 0 spiro atoms. The third-order valence-corrected chi connectivity index (χ3v) is 5.82. The van der Waals surface area contributed by atoms with E-state index in [9.17, 15) is 28.8 Å². The normalized spacial score (nSPS) is 10.7. The molecule has 0 saturated carbocycles. The molecule has 0 radical (unpaired) electrons. The lowest BCUT2D eigenvalue weighted by Crippen LogP contribution is -2.43. The Balaban J connectivity index is 6.30. The molecule has 0 aliphatic heterocycles. The van der Waals surface area contributed by atoms with Crippen molar-refractivity contribution in [3.63, 3.8) is 0 Å². The van der Waals surface area contributed by atoms with Gasteiger partial charge in [0.05, 0.1) is 24.0 Å². The van der Waals surface area contributed by atoms with Crippen molar-refractivity contribution in [1.82, 2.24) is 0 Å². The third-order valence-electron chi connectivity index (χ3n) is 5.82. The summed E-state index contributed by atoms with van der Waals surface area (Å²) in [5.74, 6) is -3.67. The standard InChI is InChI=1S/C30H38O11/c1-7-23(31)13-15-29(19-38-25(33)9-3,20-39-26(34)10-4)17-37-18-30(16-14-24(32)8-2,21-40-27(35)11-5)22-41-28(36)12-6/h7-12H,1-6,13-22H2. The van der Waals surface area contributed by atoms with Crippen LogP contribution in [-0.4, -0.2) is 75.1 Å². The van der Waals surface area contributed by atoms with Crippen molar-refractivity contribution in [2.75, 3.05) is 39.6 Å². The summed E-state index contributed by atoms with van der Waals surface area (Å²) in [6.07, 6.45) is 6.03. The molecule has 0 unspecified atom stereocenters. The van der Waals surface area contributed by atoms with Gasteiger partial charge in [0.2, 0.25) is 0 Å². The Morgan fingerprint density at radius 1 is 0.439 bits per heavy atom. The molecule has 0 aliphatic rings. The van der Waals surface area contributed by atoms with Crippen LogP contribution in [0.5, 0.6) is 0 Å². The van der Waals surface area contributed by atoms with Crippen LogP contribution in [0.4, 0.5) is 0 Å². The summed E-state index contributed by atoms with van der Waals surface area (Å²) < 4.78 is 27.0. The predicted molar refractivity (Wildman–Crippen MR) is 149 cm³/mol. The van der Waals surface area contributed by atoms with Crippen molar-refractivity contribution in [2.45, 2.75) is 25.7 Å². The molecule has 0 rings (SSSR count). The van der Waals surface area contributed by atoms with Gasteiger partial charge in [0.15, 0.2) is 11.6 Å². The topological polar surface area (TPSA) is 149 Å². The zero-order valence-electron chi connectivity index (χ0n) is 23.3. The smallest absolute Gasteiger partial charge is 0.330 e. The second-order valence-corrected chi connectivity index (χ2v) is 9.08. The zero-order valence-corrected chi connectivity index (χ0v) is 23.3. The molecule has 0 heterocycles. The minimum atomic E-state index is -1.23. The first-order chi connectivity index (χ1) is 19.4. The van der Waals surface area contributed by atoms with E-state index in [0.29, 0.717) is 0 Å². The summed E-state index contributed by atoms with van der Waals surface area (Å²) in [6, 6.07) is 0. The van der Waals surface area contributed by atoms with Crippen LogP contribution in [0.2, 0.25) is 0 Å². The maximum absolute atomic E-state index is 12.1. The molecular formula is C30H38O11. The lowest BCUT2D eigenvalue weighted by molar-refractivity contribution is -0.158. The second-order valence-electron chi connectivity index (χ2n) is 9.08. The Hall–Kier alpha value is -4.38. The Kier molecular flexibility index (Phi) is 17.5. The largest absolute Gasteiger partial charge is 0.462 e. The summed E-state index contributed by atoms with van der Waals surface area (Å²) in [5.41, 5.74) is -2.46. The molecular weight excluding hydrogens is 536 g/mol. The maximum Gasteiger partial charge on any atom is 0.330 e. The third kappa shape index (κ3) is 15.1. The van der Waals surface area contributed by atoms with Crippen molar-refractivity contribution < 1.29 is 52.5 Å². The second kappa shape index (κ2) is 19.6. The van der Waals surface area contributed by atoms with Gasteiger partial charge in [-0.15, -0.1) is 0 Å². The summed E-state index contributed by atoms with van der Waals surface area (Å²) >= 11 is 0. The minimum absolute atomic E-state index is 0.0446. The number of allylic oxidation sites excluding steroid dienone is 2. The van der Waals surface area contributed by atoms with Crippen LogP contribution >= 0.6 is 0 Å². The summed E-state index contributed by atoms with van der Waals surface area (Å²) in [4.78, 5) is 71.6. The number of carbonyl (C=O) groups excluding carboxylic acids is 6. The quantitative estimate of drug-likeness (QED) is 0.0951. The van der Waals surface area contributed by atoms with E-state index < -0.39 is 34.7 Å². The molecule has 0 atom stereocenters. The molecule has 0 aromatic carbocycles. The van der Waals surface area contributed by atoms with E-state index in [2.05, 4.69) is 39.5 Å². The molecule has 0 bridgehead atoms. The number of rotatable bonds is 24. The van der Waals surface area contributed by atoms with Gasteiger partial charge >= 0.3 is 23.9 Å². The fourth-order valence-corrected chi connectivity index (χ4v) is 3.28. The fourth-order valence-electron chi connectivity index (χ4n) is 3.28. The van der Waals surface area contributed by atoms with Crippen LogP contribution in [0, 0.1) is 10.8 Å². The van der Waals surface area contributed by atoms with E-state index in [-0.39, 0.29) is 76.9 Å². The SMILES string of the molecule is C=CC(=O)CCC(COCC(CCC(=O)C=C)(COC(=O)C=C)COC(=O)C=C)(COC(=O)C=C)COC(=O)C=C. The Morgan fingerprint density at radius 3 is 0.927 bits per heavy atom. The molecule has 0 aromatic heterocycles. The van der Waals surface area contributed by atoms with E-state index in [4.69, 9.17) is 23.7 Å². The van der Waals surface area contributed by atoms with Crippen molar-refractivity contribution >= 4 is 35.4 Å². The fraction of sp³-hybridized carbons (Fsp3) is 0.400. The minimum Gasteiger partial charge on any atom is -0.462 e. The van der Waals surface area contributed by atoms with E-state index in [1.165, 1.54) is 0 Å². The molecule has 0 N–H and O–H groups in total. The predicted octanol–water partition coefficient (Wildman–Crippen LogP) is 2.96. The molecule has 0 fully saturated rings. The average molecular weight is 575 g/mol. The monoisotopic (exact) mass is 574 g/mol. The Bertz CT molecular complexity index is 822. The van der Waals surface area contributed by atoms with Crippen LogP contribution in [0.25, 0.3) is 0 Å². The van der Waals surface area contributed by atoms with E-state index in [1.54, 1.807) is 0 Å². The molecule has 224 valence electrons. The number of hydrogen-bond donors (Lipinski definition) is 0. The van der Waals surface area contributed by atoms with E-state index >= 15 is 0 Å². The van der Waals surface area contributed by atoms with Gasteiger partial charge in [0.25, 0.3) is 0 Å². The highest BCUT2D eigenvalue weighted by Gasteiger charge is 2.38. The summed E-state index contributed by atoms with van der Waals surface area (Å²) in [7, 11) is 0. The van der Waals surface area contributed by atoms with E-state index in [1.807, 2.05) is 0 Å². The average Bonchev–Trinajstić information content (AvgIpc) is 3.00. The van der Waals surface area contributed by atoms with Crippen LogP contribution < -0.4 is 0 Å². The summed E-state index contributed by atoms with van der Waals surface area (Å²) in [5, 5.41) is 0. The van der Waals surface area contributed by atoms with E-state index in [0.717, 1.165) is 36.5 Å². The highest BCUT2D eigenvalue weighted by molar-refractivity contribution is 5.89. The zero-order chi connectivity index (χ0) is 31.3. The lowest BCUT2D eigenvalue weighted by Gasteiger charge is -2.36.